The van der Waals surface area contributed by atoms with Gasteiger partial charge in [-0.3, -0.25) is 4.79 Å². The molecule has 0 fully saturated rings. The zero-order valence-electron chi connectivity index (χ0n) is 8.43. The molecular weight excluding hydrogens is 258 g/mol. The number of hydrogen-bond donors (Lipinski definition) is 1. The summed E-state index contributed by atoms with van der Waals surface area (Å²) in [5.74, 6) is 0.729. The molecule has 78 valence electrons. The normalized spacial score (nSPS) is 10.6. The molecule has 0 aliphatic rings. The Morgan fingerprint density at radius 2 is 2.07 bits per heavy atom. The Morgan fingerprint density at radius 3 is 2.73 bits per heavy atom. The van der Waals surface area contributed by atoms with Gasteiger partial charge in [-0.15, -0.1) is 0 Å². The lowest BCUT2D eigenvalue weighted by molar-refractivity contribution is 0.413. The van der Waals surface area contributed by atoms with Gasteiger partial charge in [-0.05, 0) is 41.1 Å². The summed E-state index contributed by atoms with van der Waals surface area (Å²) in [4.78, 5) is 14.4. The lowest BCUT2D eigenvalue weighted by atomic mass is 10.1. The maximum atomic E-state index is 11.6. The lowest BCUT2D eigenvalue weighted by Crippen LogP contribution is -2.07. The molecule has 0 aliphatic heterocycles. The van der Waals surface area contributed by atoms with E-state index in [0.29, 0.717) is 5.39 Å². The van der Waals surface area contributed by atoms with Gasteiger partial charge in [0.1, 0.15) is 5.75 Å². The number of pyridine rings is 1. The van der Waals surface area contributed by atoms with E-state index in [1.54, 1.807) is 19.2 Å². The second kappa shape index (κ2) is 3.70. The van der Waals surface area contributed by atoms with Crippen LogP contribution in [0.1, 0.15) is 5.69 Å². The van der Waals surface area contributed by atoms with Crippen LogP contribution in [-0.4, -0.2) is 12.1 Å². The van der Waals surface area contributed by atoms with Gasteiger partial charge in [0.2, 0.25) is 0 Å². The Bertz CT molecular complexity index is 575. The van der Waals surface area contributed by atoms with Crippen molar-refractivity contribution in [3.63, 3.8) is 0 Å². The number of aryl methyl sites for hydroxylation is 1. The first-order valence-corrected chi connectivity index (χ1v) is 5.29. The molecule has 0 radical (unpaired) electrons. The zero-order valence-corrected chi connectivity index (χ0v) is 10.0. The van der Waals surface area contributed by atoms with Gasteiger partial charge >= 0.3 is 0 Å². The molecule has 1 N–H and O–H groups in total. The smallest absolute Gasteiger partial charge is 0.256 e. The topological polar surface area (TPSA) is 42.1 Å². The quantitative estimate of drug-likeness (QED) is 0.863. The lowest BCUT2D eigenvalue weighted by Gasteiger charge is -2.06. The van der Waals surface area contributed by atoms with Crippen LogP contribution in [0.15, 0.2) is 27.5 Å². The Morgan fingerprint density at radius 1 is 1.33 bits per heavy atom. The molecule has 0 spiro atoms. The van der Waals surface area contributed by atoms with Gasteiger partial charge in [0.25, 0.3) is 5.56 Å². The van der Waals surface area contributed by atoms with E-state index in [1.165, 1.54) is 0 Å². The van der Waals surface area contributed by atoms with E-state index in [0.717, 1.165) is 21.3 Å². The molecule has 2 rings (SSSR count). The Hall–Kier alpha value is -1.29. The molecule has 1 heterocycles. The fourth-order valence-electron chi connectivity index (χ4n) is 1.57. The third kappa shape index (κ3) is 1.65. The average Bonchev–Trinajstić information content (AvgIpc) is 2.19. The first kappa shape index (κ1) is 10.2. The number of H-pyrrole nitrogens is 1. The Balaban J connectivity index is 2.93. The maximum Gasteiger partial charge on any atom is 0.256 e. The summed E-state index contributed by atoms with van der Waals surface area (Å²) >= 11 is 3.43. The molecule has 0 unspecified atom stereocenters. The molecular formula is C11H10BrNO2. The number of rotatable bonds is 1. The minimum atomic E-state index is -0.0756. The van der Waals surface area contributed by atoms with Gasteiger partial charge in [0, 0.05) is 16.5 Å². The molecule has 1 aromatic heterocycles. The molecule has 0 saturated heterocycles. The molecule has 0 amide bonds. The van der Waals surface area contributed by atoms with Crippen molar-refractivity contribution in [3.8, 4) is 5.75 Å². The first-order valence-electron chi connectivity index (χ1n) is 4.49. The van der Waals surface area contributed by atoms with E-state index in [9.17, 15) is 4.79 Å². The highest BCUT2D eigenvalue weighted by Crippen LogP contribution is 2.31. The van der Waals surface area contributed by atoms with Crippen molar-refractivity contribution >= 4 is 26.7 Å². The van der Waals surface area contributed by atoms with Gasteiger partial charge in [-0.1, -0.05) is 0 Å². The predicted molar refractivity (Wildman–Crippen MR) is 63.6 cm³/mol. The van der Waals surface area contributed by atoms with Crippen LogP contribution in [0.2, 0.25) is 0 Å². The van der Waals surface area contributed by atoms with Crippen LogP contribution in [0.5, 0.6) is 5.75 Å². The van der Waals surface area contributed by atoms with Crippen molar-refractivity contribution in [2.45, 2.75) is 6.92 Å². The molecule has 0 atom stereocenters. The van der Waals surface area contributed by atoms with Crippen LogP contribution in [0, 0.1) is 6.92 Å². The van der Waals surface area contributed by atoms with Crippen molar-refractivity contribution in [2.24, 2.45) is 0 Å². The van der Waals surface area contributed by atoms with Crippen LogP contribution in [0.25, 0.3) is 10.8 Å². The predicted octanol–water partition coefficient (Wildman–Crippen LogP) is 2.61. The summed E-state index contributed by atoms with van der Waals surface area (Å²) in [6, 6.07) is 5.46. The van der Waals surface area contributed by atoms with Gasteiger partial charge in [0.15, 0.2) is 0 Å². The number of hydrogen-bond acceptors (Lipinski definition) is 2. The van der Waals surface area contributed by atoms with E-state index in [1.807, 2.05) is 13.0 Å². The summed E-state index contributed by atoms with van der Waals surface area (Å²) in [5.41, 5.74) is 0.759. The fraction of sp³-hybridized carbons (Fsp3) is 0.182. The van der Waals surface area contributed by atoms with Crippen LogP contribution < -0.4 is 10.3 Å². The van der Waals surface area contributed by atoms with Crippen LogP contribution >= 0.6 is 15.9 Å². The summed E-state index contributed by atoms with van der Waals surface area (Å²) in [6.07, 6.45) is 0. The van der Waals surface area contributed by atoms with E-state index in [-0.39, 0.29) is 5.56 Å². The van der Waals surface area contributed by atoms with Crippen molar-refractivity contribution in [3.05, 3.63) is 38.7 Å². The third-order valence-electron chi connectivity index (χ3n) is 2.28. The fourth-order valence-corrected chi connectivity index (χ4v) is 2.19. The summed E-state index contributed by atoms with van der Waals surface area (Å²) in [7, 11) is 1.60. The third-order valence-corrected chi connectivity index (χ3v) is 3.10. The maximum absolute atomic E-state index is 11.6. The SMILES string of the molecule is COc1ccc2c(=O)[nH]c(C)cc2c1Br. The van der Waals surface area contributed by atoms with Crippen LogP contribution in [0.3, 0.4) is 0 Å². The van der Waals surface area contributed by atoms with E-state index in [2.05, 4.69) is 20.9 Å². The van der Waals surface area contributed by atoms with Gasteiger partial charge in [-0.2, -0.15) is 0 Å². The number of aromatic nitrogens is 1. The first-order chi connectivity index (χ1) is 7.13. The highest BCUT2D eigenvalue weighted by Gasteiger charge is 2.07. The Labute approximate surface area is 95.2 Å². The number of ether oxygens (including phenoxy) is 1. The van der Waals surface area contributed by atoms with E-state index >= 15 is 0 Å². The molecule has 15 heavy (non-hydrogen) atoms. The standard InChI is InChI=1S/C11H10BrNO2/c1-6-5-8-7(11(14)13-6)3-4-9(15-2)10(8)12/h3-5H,1-2H3,(H,13,14). The average molecular weight is 268 g/mol. The van der Waals surface area contributed by atoms with Crippen LogP contribution in [-0.2, 0) is 0 Å². The molecule has 2 aromatic rings. The molecule has 0 bridgehead atoms. The van der Waals surface area contributed by atoms with Gasteiger partial charge < -0.3 is 9.72 Å². The molecule has 3 nitrogen and oxygen atoms in total. The minimum Gasteiger partial charge on any atom is -0.496 e. The summed E-state index contributed by atoms with van der Waals surface area (Å²) in [5, 5.41) is 1.53. The van der Waals surface area contributed by atoms with Crippen LogP contribution in [0.4, 0.5) is 0 Å². The van der Waals surface area contributed by atoms with Gasteiger partial charge in [-0.25, -0.2) is 0 Å². The molecule has 0 aliphatic carbocycles. The number of aromatic amines is 1. The minimum absolute atomic E-state index is 0.0756. The monoisotopic (exact) mass is 267 g/mol. The van der Waals surface area contributed by atoms with Crippen molar-refractivity contribution in [2.75, 3.05) is 7.11 Å². The van der Waals surface area contributed by atoms with E-state index < -0.39 is 0 Å². The second-order valence-corrected chi connectivity index (χ2v) is 4.12. The molecule has 4 heteroatoms. The number of methoxy groups -OCH3 is 1. The zero-order chi connectivity index (χ0) is 11.0. The molecule has 1 aromatic carbocycles. The van der Waals surface area contributed by atoms with Crippen molar-refractivity contribution in [1.82, 2.24) is 4.98 Å². The number of fused-ring (bicyclic) bond motifs is 1. The largest absolute Gasteiger partial charge is 0.496 e. The second-order valence-electron chi connectivity index (χ2n) is 3.32. The highest BCUT2D eigenvalue weighted by molar-refractivity contribution is 9.10. The summed E-state index contributed by atoms with van der Waals surface area (Å²) < 4.78 is 5.99. The number of nitrogens with one attached hydrogen (secondary N) is 1. The Kier molecular flexibility index (Phi) is 2.52. The van der Waals surface area contributed by atoms with Gasteiger partial charge in [0.05, 0.1) is 11.6 Å². The highest BCUT2D eigenvalue weighted by atomic mass is 79.9. The van der Waals surface area contributed by atoms with Crippen molar-refractivity contribution in [1.29, 1.82) is 0 Å². The number of halogens is 1. The summed E-state index contributed by atoms with van der Waals surface area (Å²) in [6.45, 7) is 1.85. The molecule has 0 saturated carbocycles. The van der Waals surface area contributed by atoms with E-state index in [4.69, 9.17) is 4.74 Å². The number of benzene rings is 1. The van der Waals surface area contributed by atoms with Crippen molar-refractivity contribution < 1.29 is 4.74 Å².